The van der Waals surface area contributed by atoms with Gasteiger partial charge in [-0.05, 0) is 41.2 Å². The predicted octanol–water partition coefficient (Wildman–Crippen LogP) is 3.82. The van der Waals surface area contributed by atoms with Crippen LogP contribution in [0.3, 0.4) is 0 Å². The Morgan fingerprint density at radius 3 is 2.52 bits per heavy atom. The number of sulfonamides is 1. The smallest absolute Gasteiger partial charge is 0.271 e. The lowest BCUT2D eigenvalue weighted by Gasteiger charge is -2.24. The third-order valence-corrected chi connectivity index (χ3v) is 6.58. The van der Waals surface area contributed by atoms with Crippen molar-refractivity contribution >= 4 is 38.1 Å². The number of hydrogen-bond acceptors (Lipinski definition) is 5. The fraction of sp³-hybridized carbons (Fsp3) is 0.292. The molecule has 1 N–H and O–H groups in total. The first kappa shape index (κ1) is 24.2. The van der Waals surface area contributed by atoms with Crippen molar-refractivity contribution in [1.82, 2.24) is 5.32 Å². The predicted molar refractivity (Wildman–Crippen MR) is 130 cm³/mol. The molecule has 0 saturated heterocycles. The minimum Gasteiger partial charge on any atom is -0.354 e. The zero-order chi connectivity index (χ0) is 24.2. The van der Waals surface area contributed by atoms with Crippen LogP contribution in [0.1, 0.15) is 18.1 Å². The van der Waals surface area contributed by atoms with E-state index in [0.29, 0.717) is 12.1 Å². The zero-order valence-electron chi connectivity index (χ0n) is 18.8. The number of carbonyl (C=O) groups is 1. The SMILES string of the molecule is Cc1ccc([N+](=O)[O-])cc1N(CC(=O)NCC(C)Cc1cccc2ccccc12)S(C)(=O)=O. The summed E-state index contributed by atoms with van der Waals surface area (Å²) in [4.78, 5) is 23.1. The number of nitrogens with zero attached hydrogens (tertiary/aromatic N) is 2. The van der Waals surface area contributed by atoms with Crippen molar-refractivity contribution in [2.45, 2.75) is 20.3 Å². The standard InChI is InChI=1S/C24H27N3O5S/c1-17(13-20-9-6-8-19-7-4-5-10-22(19)20)15-25-24(28)16-26(33(3,31)32)23-14-21(27(29)30)12-11-18(23)2/h4-12,14,17H,13,15-16H2,1-3H3,(H,25,28). The molecule has 33 heavy (non-hydrogen) atoms. The van der Waals surface area contributed by atoms with Gasteiger partial charge in [-0.25, -0.2) is 8.42 Å². The van der Waals surface area contributed by atoms with E-state index in [1.54, 1.807) is 6.92 Å². The van der Waals surface area contributed by atoms with Crippen LogP contribution >= 0.6 is 0 Å². The second-order valence-corrected chi connectivity index (χ2v) is 10.2. The number of amides is 1. The average molecular weight is 470 g/mol. The normalized spacial score (nSPS) is 12.3. The topological polar surface area (TPSA) is 110 Å². The summed E-state index contributed by atoms with van der Waals surface area (Å²) in [5.41, 5.74) is 1.57. The first-order chi connectivity index (χ1) is 15.6. The summed E-state index contributed by atoms with van der Waals surface area (Å²) in [5, 5.41) is 16.3. The molecule has 0 heterocycles. The van der Waals surface area contributed by atoms with Gasteiger partial charge in [0.1, 0.15) is 6.54 Å². The van der Waals surface area contributed by atoms with Gasteiger partial charge in [0, 0.05) is 18.7 Å². The van der Waals surface area contributed by atoms with Gasteiger partial charge in [-0.1, -0.05) is 55.5 Å². The summed E-state index contributed by atoms with van der Waals surface area (Å²) in [6.45, 7) is 3.57. The van der Waals surface area contributed by atoms with E-state index in [2.05, 4.69) is 29.6 Å². The third-order valence-electron chi connectivity index (χ3n) is 5.46. The fourth-order valence-corrected chi connectivity index (χ4v) is 4.66. The van der Waals surface area contributed by atoms with Gasteiger partial charge in [-0.3, -0.25) is 19.2 Å². The van der Waals surface area contributed by atoms with Crippen LogP contribution in [0.5, 0.6) is 0 Å². The lowest BCUT2D eigenvalue weighted by Crippen LogP contribution is -2.42. The summed E-state index contributed by atoms with van der Waals surface area (Å²) in [5.74, 6) is -0.359. The van der Waals surface area contributed by atoms with Crippen LogP contribution < -0.4 is 9.62 Å². The maximum atomic E-state index is 12.6. The molecular weight excluding hydrogens is 442 g/mol. The van der Waals surface area contributed by atoms with Gasteiger partial charge >= 0.3 is 0 Å². The summed E-state index contributed by atoms with van der Waals surface area (Å²) in [7, 11) is -3.84. The second kappa shape index (κ2) is 9.99. The molecule has 0 bridgehead atoms. The monoisotopic (exact) mass is 469 g/mol. The highest BCUT2D eigenvalue weighted by Crippen LogP contribution is 2.27. The van der Waals surface area contributed by atoms with Gasteiger partial charge in [-0.15, -0.1) is 0 Å². The molecule has 8 nitrogen and oxygen atoms in total. The summed E-state index contributed by atoms with van der Waals surface area (Å²) in [6.07, 6.45) is 1.73. The molecule has 1 atom stereocenters. The molecule has 3 aromatic carbocycles. The Bertz CT molecular complexity index is 1290. The largest absolute Gasteiger partial charge is 0.354 e. The van der Waals surface area contributed by atoms with E-state index in [4.69, 9.17) is 0 Å². The van der Waals surface area contributed by atoms with Crippen molar-refractivity contribution in [1.29, 1.82) is 0 Å². The van der Waals surface area contributed by atoms with E-state index in [9.17, 15) is 23.3 Å². The van der Waals surface area contributed by atoms with E-state index < -0.39 is 27.4 Å². The minimum atomic E-state index is -3.84. The summed E-state index contributed by atoms with van der Waals surface area (Å²) < 4.78 is 25.7. The molecule has 0 aliphatic heterocycles. The number of carbonyl (C=O) groups excluding carboxylic acids is 1. The van der Waals surface area contributed by atoms with E-state index in [0.717, 1.165) is 22.4 Å². The number of anilines is 1. The maximum Gasteiger partial charge on any atom is 0.271 e. The first-order valence-electron chi connectivity index (χ1n) is 10.5. The number of benzene rings is 3. The maximum absolute atomic E-state index is 12.6. The van der Waals surface area contributed by atoms with Gasteiger partial charge in [0.25, 0.3) is 5.69 Å². The lowest BCUT2D eigenvalue weighted by molar-refractivity contribution is -0.384. The van der Waals surface area contributed by atoms with Gasteiger partial charge in [-0.2, -0.15) is 0 Å². The van der Waals surface area contributed by atoms with Crippen LogP contribution in [0.2, 0.25) is 0 Å². The number of nitro benzene ring substituents is 1. The lowest BCUT2D eigenvalue weighted by atomic mass is 9.96. The highest BCUT2D eigenvalue weighted by atomic mass is 32.2. The van der Waals surface area contributed by atoms with E-state index in [-0.39, 0.29) is 17.3 Å². The Morgan fingerprint density at radius 1 is 1.12 bits per heavy atom. The molecule has 1 unspecified atom stereocenters. The fourth-order valence-electron chi connectivity index (χ4n) is 3.75. The molecule has 3 aromatic rings. The Hall–Kier alpha value is -3.46. The molecule has 0 aliphatic carbocycles. The molecule has 0 spiro atoms. The van der Waals surface area contributed by atoms with E-state index >= 15 is 0 Å². The molecule has 174 valence electrons. The first-order valence-corrected chi connectivity index (χ1v) is 12.4. The zero-order valence-corrected chi connectivity index (χ0v) is 19.6. The van der Waals surface area contributed by atoms with Crippen molar-refractivity contribution in [3.63, 3.8) is 0 Å². The molecule has 0 aliphatic rings. The minimum absolute atomic E-state index is 0.116. The van der Waals surface area contributed by atoms with Crippen LogP contribution in [0.25, 0.3) is 10.8 Å². The van der Waals surface area contributed by atoms with Crippen LogP contribution in [-0.2, 0) is 21.2 Å². The number of rotatable bonds is 9. The van der Waals surface area contributed by atoms with Gasteiger partial charge < -0.3 is 5.32 Å². The molecule has 9 heteroatoms. The summed E-state index contributed by atoms with van der Waals surface area (Å²) >= 11 is 0. The van der Waals surface area contributed by atoms with Crippen LogP contribution in [0.15, 0.2) is 60.7 Å². The van der Waals surface area contributed by atoms with Crippen molar-refractivity contribution < 1.29 is 18.1 Å². The number of nitro groups is 1. The molecular formula is C24H27N3O5S. The Balaban J connectivity index is 1.69. The van der Waals surface area contributed by atoms with E-state index in [1.807, 2.05) is 25.1 Å². The van der Waals surface area contributed by atoms with Crippen molar-refractivity contribution in [2.24, 2.45) is 5.92 Å². The number of nitrogens with one attached hydrogen (secondary N) is 1. The average Bonchev–Trinajstić information content (AvgIpc) is 2.76. The molecule has 0 saturated carbocycles. The van der Waals surface area contributed by atoms with Gasteiger partial charge in [0.15, 0.2) is 0 Å². The third kappa shape index (κ3) is 6.07. The number of aryl methyl sites for hydroxylation is 1. The highest BCUT2D eigenvalue weighted by Gasteiger charge is 2.24. The molecule has 1 amide bonds. The molecule has 0 radical (unpaired) electrons. The Morgan fingerprint density at radius 2 is 1.82 bits per heavy atom. The van der Waals surface area contributed by atoms with Crippen molar-refractivity contribution in [2.75, 3.05) is 23.7 Å². The number of non-ortho nitro benzene ring substituents is 1. The highest BCUT2D eigenvalue weighted by molar-refractivity contribution is 7.92. The molecule has 3 rings (SSSR count). The van der Waals surface area contributed by atoms with Crippen LogP contribution in [-0.4, -0.2) is 38.6 Å². The Kier molecular flexibility index (Phi) is 7.33. The molecule has 0 fully saturated rings. The van der Waals surface area contributed by atoms with Crippen molar-refractivity contribution in [3.8, 4) is 0 Å². The molecule has 0 aromatic heterocycles. The van der Waals surface area contributed by atoms with Crippen molar-refractivity contribution in [3.05, 3.63) is 81.9 Å². The Labute approximate surface area is 193 Å². The number of fused-ring (bicyclic) bond motifs is 1. The number of hydrogen-bond donors (Lipinski definition) is 1. The van der Waals surface area contributed by atoms with Crippen LogP contribution in [0, 0.1) is 23.0 Å². The van der Waals surface area contributed by atoms with E-state index in [1.165, 1.54) is 29.1 Å². The van der Waals surface area contributed by atoms with Gasteiger partial charge in [0.2, 0.25) is 15.9 Å². The second-order valence-electron chi connectivity index (χ2n) is 8.25. The van der Waals surface area contributed by atoms with Gasteiger partial charge in [0.05, 0.1) is 16.9 Å². The summed E-state index contributed by atoms with van der Waals surface area (Å²) in [6, 6.07) is 18.2. The van der Waals surface area contributed by atoms with Crippen LogP contribution in [0.4, 0.5) is 11.4 Å². The quantitative estimate of drug-likeness (QED) is 0.378.